The van der Waals surface area contributed by atoms with Gasteiger partial charge in [-0.2, -0.15) is 0 Å². The van der Waals surface area contributed by atoms with Crippen molar-refractivity contribution in [2.75, 3.05) is 38.1 Å². The monoisotopic (exact) mass is 410 g/mol. The zero-order chi connectivity index (χ0) is 21.8. The minimum atomic E-state index is -0.0691. The topological polar surface area (TPSA) is 81.7 Å². The van der Waals surface area contributed by atoms with Crippen molar-refractivity contribution in [2.24, 2.45) is 4.99 Å². The Kier molecular flexibility index (Phi) is 9.64. The Labute approximate surface area is 180 Å². The minimum absolute atomic E-state index is 0.0691. The molecular weight excluding hydrogens is 376 g/mol. The normalized spacial score (nSPS) is 11.1. The molecule has 2 aromatic rings. The number of benzene rings is 1. The van der Waals surface area contributed by atoms with Crippen LogP contribution in [0.1, 0.15) is 42.3 Å². The average molecular weight is 411 g/mol. The van der Waals surface area contributed by atoms with E-state index in [0.29, 0.717) is 12.1 Å². The van der Waals surface area contributed by atoms with Gasteiger partial charge in [-0.05, 0) is 56.5 Å². The van der Waals surface area contributed by atoms with Crippen molar-refractivity contribution in [3.63, 3.8) is 0 Å². The van der Waals surface area contributed by atoms with Gasteiger partial charge in [-0.25, -0.2) is 9.98 Å². The first-order valence-electron chi connectivity index (χ1n) is 10.6. The number of anilines is 1. The van der Waals surface area contributed by atoms with Crippen LogP contribution in [0.3, 0.4) is 0 Å². The summed E-state index contributed by atoms with van der Waals surface area (Å²) in [5.41, 5.74) is 2.85. The summed E-state index contributed by atoms with van der Waals surface area (Å²) in [6.45, 7) is 10.3. The smallest absolute Gasteiger partial charge is 0.251 e. The van der Waals surface area contributed by atoms with Crippen LogP contribution in [0, 0.1) is 0 Å². The number of carbonyl (C=O) groups is 1. The molecular formula is C23H34N6O. The average Bonchev–Trinajstić information content (AvgIpc) is 2.78. The highest BCUT2D eigenvalue weighted by Gasteiger charge is 2.05. The largest absolute Gasteiger partial charge is 0.357 e. The third kappa shape index (κ3) is 7.06. The maximum Gasteiger partial charge on any atom is 0.251 e. The van der Waals surface area contributed by atoms with E-state index in [4.69, 9.17) is 0 Å². The second-order valence-electron chi connectivity index (χ2n) is 6.85. The van der Waals surface area contributed by atoms with Crippen molar-refractivity contribution in [3.8, 4) is 0 Å². The summed E-state index contributed by atoms with van der Waals surface area (Å²) in [7, 11) is 1.64. The number of nitrogens with zero attached hydrogens (tertiary/aromatic N) is 3. The molecule has 0 aliphatic carbocycles. The first-order valence-corrected chi connectivity index (χ1v) is 10.6. The maximum absolute atomic E-state index is 11.8. The quantitative estimate of drug-likeness (QED) is 0.414. The van der Waals surface area contributed by atoms with Crippen LogP contribution in [-0.2, 0) is 13.0 Å². The van der Waals surface area contributed by atoms with Gasteiger partial charge in [-0.1, -0.05) is 18.2 Å². The molecule has 162 valence electrons. The molecule has 0 fully saturated rings. The van der Waals surface area contributed by atoms with Gasteiger partial charge in [0.1, 0.15) is 5.82 Å². The molecule has 0 saturated carbocycles. The zero-order valence-electron chi connectivity index (χ0n) is 18.5. The predicted octanol–water partition coefficient (Wildman–Crippen LogP) is 2.59. The van der Waals surface area contributed by atoms with Gasteiger partial charge in [0, 0.05) is 45.0 Å². The number of carbonyl (C=O) groups excluding carboxylic acids is 1. The first kappa shape index (κ1) is 23.2. The zero-order valence-corrected chi connectivity index (χ0v) is 18.5. The molecule has 1 aromatic carbocycles. The van der Waals surface area contributed by atoms with E-state index in [2.05, 4.69) is 56.8 Å². The van der Waals surface area contributed by atoms with Crippen molar-refractivity contribution in [2.45, 2.75) is 33.7 Å². The fraction of sp³-hybridized carbons (Fsp3) is 0.435. The highest BCUT2D eigenvalue weighted by Crippen LogP contribution is 2.11. The van der Waals surface area contributed by atoms with E-state index in [0.717, 1.165) is 55.5 Å². The van der Waals surface area contributed by atoms with Gasteiger partial charge in [0.25, 0.3) is 5.91 Å². The summed E-state index contributed by atoms with van der Waals surface area (Å²) >= 11 is 0. The molecule has 7 heteroatoms. The molecule has 30 heavy (non-hydrogen) atoms. The lowest BCUT2D eigenvalue weighted by Crippen LogP contribution is -2.38. The lowest BCUT2D eigenvalue weighted by molar-refractivity contribution is 0.0963. The minimum Gasteiger partial charge on any atom is -0.357 e. The Bertz CT molecular complexity index is 815. The van der Waals surface area contributed by atoms with E-state index in [1.165, 1.54) is 0 Å². The van der Waals surface area contributed by atoms with Crippen LogP contribution in [-0.4, -0.2) is 50.1 Å². The predicted molar refractivity (Wildman–Crippen MR) is 124 cm³/mol. The van der Waals surface area contributed by atoms with Crippen LogP contribution in [0.25, 0.3) is 0 Å². The SMILES string of the molecule is CCNC(=NCc1ccc(N(CC)CC)nc1)NCCc1cccc(C(=O)NC)c1. The first-order chi connectivity index (χ1) is 14.6. The van der Waals surface area contributed by atoms with Gasteiger partial charge in [-0.15, -0.1) is 0 Å². The maximum atomic E-state index is 11.8. The van der Waals surface area contributed by atoms with E-state index < -0.39 is 0 Å². The van der Waals surface area contributed by atoms with Crippen LogP contribution >= 0.6 is 0 Å². The molecule has 0 radical (unpaired) electrons. The summed E-state index contributed by atoms with van der Waals surface area (Å²) in [5.74, 6) is 1.70. The molecule has 0 saturated heterocycles. The van der Waals surface area contributed by atoms with Gasteiger partial charge < -0.3 is 20.9 Å². The van der Waals surface area contributed by atoms with E-state index in [1.54, 1.807) is 7.05 Å². The third-order valence-corrected chi connectivity index (χ3v) is 4.78. The fourth-order valence-electron chi connectivity index (χ4n) is 3.09. The van der Waals surface area contributed by atoms with Crippen LogP contribution in [0.5, 0.6) is 0 Å². The fourth-order valence-corrected chi connectivity index (χ4v) is 3.09. The Hall–Kier alpha value is -3.09. The molecule has 2 rings (SSSR count). The van der Waals surface area contributed by atoms with Crippen LogP contribution in [0.15, 0.2) is 47.6 Å². The number of guanidine groups is 1. The van der Waals surface area contributed by atoms with Gasteiger partial charge in [-0.3, -0.25) is 4.79 Å². The van der Waals surface area contributed by atoms with E-state index in [-0.39, 0.29) is 5.91 Å². The number of aliphatic imine (C=N–C) groups is 1. The van der Waals surface area contributed by atoms with Crippen LogP contribution < -0.4 is 20.9 Å². The molecule has 7 nitrogen and oxygen atoms in total. The number of hydrogen-bond donors (Lipinski definition) is 3. The molecule has 3 N–H and O–H groups in total. The Balaban J connectivity index is 1.92. The summed E-state index contributed by atoms with van der Waals surface area (Å²) in [6, 6.07) is 11.8. The Morgan fingerprint density at radius 3 is 2.50 bits per heavy atom. The summed E-state index contributed by atoms with van der Waals surface area (Å²) < 4.78 is 0. The second-order valence-corrected chi connectivity index (χ2v) is 6.85. The highest BCUT2D eigenvalue weighted by molar-refractivity contribution is 5.94. The molecule has 0 unspecified atom stereocenters. The molecule has 1 amide bonds. The Morgan fingerprint density at radius 1 is 1.07 bits per heavy atom. The molecule has 1 heterocycles. The van der Waals surface area contributed by atoms with Crippen molar-refractivity contribution < 1.29 is 4.79 Å². The molecule has 0 atom stereocenters. The number of nitrogens with one attached hydrogen (secondary N) is 3. The lowest BCUT2D eigenvalue weighted by Gasteiger charge is -2.19. The summed E-state index contributed by atoms with van der Waals surface area (Å²) in [6.07, 6.45) is 2.69. The number of hydrogen-bond acceptors (Lipinski definition) is 4. The van der Waals surface area contributed by atoms with Crippen molar-refractivity contribution in [3.05, 3.63) is 59.3 Å². The van der Waals surface area contributed by atoms with E-state index >= 15 is 0 Å². The van der Waals surface area contributed by atoms with Gasteiger partial charge in [0.2, 0.25) is 0 Å². The number of rotatable bonds is 10. The second kappa shape index (κ2) is 12.5. The van der Waals surface area contributed by atoms with Gasteiger partial charge in [0.05, 0.1) is 6.54 Å². The van der Waals surface area contributed by atoms with Crippen molar-refractivity contribution >= 4 is 17.7 Å². The highest BCUT2D eigenvalue weighted by atomic mass is 16.1. The standard InChI is InChI=1S/C23H34N6O/c1-5-25-23(26-14-13-18-9-8-10-20(15-18)22(30)24-4)28-17-19-11-12-21(27-16-19)29(6-2)7-3/h8-12,15-16H,5-7,13-14,17H2,1-4H3,(H,24,30)(H2,25,26,28). The molecule has 0 aliphatic heterocycles. The number of amides is 1. The summed E-state index contributed by atoms with van der Waals surface area (Å²) in [5, 5.41) is 9.29. The molecule has 1 aromatic heterocycles. The van der Waals surface area contributed by atoms with Crippen LogP contribution in [0.2, 0.25) is 0 Å². The van der Waals surface area contributed by atoms with E-state index in [1.807, 2.05) is 37.4 Å². The molecule has 0 aliphatic rings. The third-order valence-electron chi connectivity index (χ3n) is 4.78. The van der Waals surface area contributed by atoms with Gasteiger partial charge >= 0.3 is 0 Å². The van der Waals surface area contributed by atoms with Gasteiger partial charge in [0.15, 0.2) is 5.96 Å². The number of pyridine rings is 1. The van der Waals surface area contributed by atoms with Crippen molar-refractivity contribution in [1.82, 2.24) is 20.9 Å². The molecule has 0 bridgehead atoms. The number of aromatic nitrogens is 1. The Morgan fingerprint density at radius 2 is 1.87 bits per heavy atom. The molecule has 0 spiro atoms. The van der Waals surface area contributed by atoms with E-state index in [9.17, 15) is 4.79 Å². The van der Waals surface area contributed by atoms with Crippen molar-refractivity contribution in [1.29, 1.82) is 0 Å². The lowest BCUT2D eigenvalue weighted by atomic mass is 10.1. The van der Waals surface area contributed by atoms with Crippen LogP contribution in [0.4, 0.5) is 5.82 Å². The summed E-state index contributed by atoms with van der Waals surface area (Å²) in [4.78, 5) is 23.2.